The predicted octanol–water partition coefficient (Wildman–Crippen LogP) is 1.29. The minimum atomic E-state index is -0.752. The van der Waals surface area contributed by atoms with Crippen molar-refractivity contribution in [3.05, 3.63) is 12.2 Å². The van der Waals surface area contributed by atoms with Gasteiger partial charge in [0, 0.05) is 0 Å². The Morgan fingerprint density at radius 3 is 3.08 bits per heavy atom. The molecule has 2 nitrogen and oxygen atoms in total. The zero-order chi connectivity index (χ0) is 8.77. The Kier molecular flexibility index (Phi) is 1.62. The van der Waals surface area contributed by atoms with Crippen molar-refractivity contribution in [2.75, 3.05) is 0 Å². The lowest BCUT2D eigenvalue weighted by Crippen LogP contribution is -2.45. The van der Waals surface area contributed by atoms with Crippen LogP contribution in [0.25, 0.3) is 0 Å². The maximum atomic E-state index is 11.4. The Balaban J connectivity index is 2.30. The number of aliphatic hydroxyl groups is 1. The summed E-state index contributed by atoms with van der Waals surface area (Å²) in [6, 6.07) is 0. The first-order chi connectivity index (χ1) is 5.59. The van der Waals surface area contributed by atoms with Gasteiger partial charge in [0.1, 0.15) is 0 Å². The summed E-state index contributed by atoms with van der Waals surface area (Å²) in [7, 11) is 0. The fourth-order valence-electron chi connectivity index (χ4n) is 2.27. The predicted molar refractivity (Wildman–Crippen MR) is 45.6 cm³/mol. The maximum absolute atomic E-state index is 11.4. The molecule has 0 aromatic carbocycles. The monoisotopic (exact) mass is 166 g/mol. The number of hydrogen-bond acceptors (Lipinski definition) is 2. The van der Waals surface area contributed by atoms with Crippen LogP contribution in [0.1, 0.15) is 26.2 Å². The molecule has 0 aromatic heterocycles. The summed E-state index contributed by atoms with van der Waals surface area (Å²) < 4.78 is 0. The average molecular weight is 166 g/mol. The largest absolute Gasteiger partial charge is 0.389 e. The number of hydrogen-bond donors (Lipinski definition) is 1. The molecular weight excluding hydrogens is 152 g/mol. The standard InChI is InChI=1S/C10H14O2/c1-10(12)5-4-7-2-3-9(11)8(10)6-7/h2-3,7-8,12H,4-6H2,1H3. The fourth-order valence-corrected chi connectivity index (χ4v) is 2.27. The van der Waals surface area contributed by atoms with E-state index in [0.717, 1.165) is 19.3 Å². The van der Waals surface area contributed by atoms with Gasteiger partial charge in [-0.25, -0.2) is 0 Å². The Labute approximate surface area is 72.3 Å². The zero-order valence-corrected chi connectivity index (χ0v) is 7.29. The van der Waals surface area contributed by atoms with Crippen LogP contribution in [0, 0.1) is 11.8 Å². The molecule has 3 unspecified atom stereocenters. The van der Waals surface area contributed by atoms with Crippen molar-refractivity contribution in [1.82, 2.24) is 0 Å². The molecule has 2 aliphatic carbocycles. The molecular formula is C10H14O2. The molecule has 0 amide bonds. The summed E-state index contributed by atoms with van der Waals surface area (Å²) >= 11 is 0. The molecule has 0 spiro atoms. The van der Waals surface area contributed by atoms with Crippen molar-refractivity contribution in [3.63, 3.8) is 0 Å². The van der Waals surface area contributed by atoms with Crippen LogP contribution < -0.4 is 0 Å². The van der Waals surface area contributed by atoms with Crippen LogP contribution in [0.15, 0.2) is 12.2 Å². The lowest BCUT2D eigenvalue weighted by Gasteiger charge is -2.40. The first-order valence-corrected chi connectivity index (χ1v) is 4.54. The quantitative estimate of drug-likeness (QED) is 0.588. The molecule has 2 aliphatic rings. The van der Waals surface area contributed by atoms with Gasteiger partial charge in [0.25, 0.3) is 0 Å². The Hall–Kier alpha value is -0.630. The molecule has 3 atom stereocenters. The molecule has 2 bridgehead atoms. The summed E-state index contributed by atoms with van der Waals surface area (Å²) in [5.41, 5.74) is -0.752. The highest BCUT2D eigenvalue weighted by Crippen LogP contribution is 2.40. The second-order valence-electron chi connectivity index (χ2n) is 4.21. The zero-order valence-electron chi connectivity index (χ0n) is 7.29. The number of carbonyl (C=O) groups is 1. The summed E-state index contributed by atoms with van der Waals surface area (Å²) in [5, 5.41) is 9.90. The van der Waals surface area contributed by atoms with Crippen LogP contribution in [0.2, 0.25) is 0 Å². The summed E-state index contributed by atoms with van der Waals surface area (Å²) in [6.07, 6.45) is 6.27. The Morgan fingerprint density at radius 1 is 1.67 bits per heavy atom. The molecule has 1 N–H and O–H groups in total. The van der Waals surface area contributed by atoms with E-state index in [9.17, 15) is 9.90 Å². The van der Waals surface area contributed by atoms with Gasteiger partial charge in [0.05, 0.1) is 11.5 Å². The summed E-state index contributed by atoms with van der Waals surface area (Å²) in [5.74, 6) is 0.505. The molecule has 1 saturated carbocycles. The van der Waals surface area contributed by atoms with Crippen molar-refractivity contribution in [2.24, 2.45) is 11.8 Å². The first-order valence-electron chi connectivity index (χ1n) is 4.54. The molecule has 0 heterocycles. The molecule has 12 heavy (non-hydrogen) atoms. The van der Waals surface area contributed by atoms with Crippen LogP contribution in [-0.4, -0.2) is 16.5 Å². The van der Waals surface area contributed by atoms with Crippen LogP contribution in [-0.2, 0) is 4.79 Å². The topological polar surface area (TPSA) is 37.3 Å². The second-order valence-corrected chi connectivity index (χ2v) is 4.21. The number of ketones is 1. The van der Waals surface area contributed by atoms with E-state index in [0.29, 0.717) is 5.92 Å². The number of fused-ring (bicyclic) bond motifs is 2. The lowest BCUT2D eigenvalue weighted by molar-refractivity contribution is -0.132. The van der Waals surface area contributed by atoms with Gasteiger partial charge in [-0.2, -0.15) is 0 Å². The van der Waals surface area contributed by atoms with E-state index in [1.807, 2.05) is 6.08 Å². The second kappa shape index (κ2) is 2.43. The minimum absolute atomic E-state index is 0.107. The average Bonchev–Trinajstić information content (AvgIpc) is 2.02. The summed E-state index contributed by atoms with van der Waals surface area (Å²) in [4.78, 5) is 11.4. The van der Waals surface area contributed by atoms with E-state index in [1.165, 1.54) is 0 Å². The van der Waals surface area contributed by atoms with E-state index < -0.39 is 5.60 Å². The van der Waals surface area contributed by atoms with Crippen molar-refractivity contribution >= 4 is 5.78 Å². The molecule has 1 fully saturated rings. The summed E-state index contributed by atoms with van der Waals surface area (Å²) in [6.45, 7) is 1.78. The first kappa shape index (κ1) is 7.99. The molecule has 0 radical (unpaired) electrons. The Bertz CT molecular complexity index is 240. The van der Waals surface area contributed by atoms with E-state index >= 15 is 0 Å². The van der Waals surface area contributed by atoms with Crippen molar-refractivity contribution in [2.45, 2.75) is 31.8 Å². The SMILES string of the molecule is CC1(O)CCC2C=CC(=O)C1C2. The van der Waals surface area contributed by atoms with Gasteiger partial charge in [0.2, 0.25) is 0 Å². The van der Waals surface area contributed by atoms with Gasteiger partial charge >= 0.3 is 0 Å². The van der Waals surface area contributed by atoms with Gasteiger partial charge in [0.15, 0.2) is 5.78 Å². The third kappa shape index (κ3) is 1.11. The number of allylic oxidation sites excluding steroid dienone is 2. The normalized spacial score (nSPS) is 46.3. The van der Waals surface area contributed by atoms with Gasteiger partial charge in [-0.15, -0.1) is 0 Å². The molecule has 2 rings (SSSR count). The fraction of sp³-hybridized carbons (Fsp3) is 0.700. The van der Waals surface area contributed by atoms with Gasteiger partial charge in [-0.1, -0.05) is 6.08 Å². The Morgan fingerprint density at radius 2 is 2.42 bits per heavy atom. The van der Waals surface area contributed by atoms with Crippen LogP contribution in [0.5, 0.6) is 0 Å². The highest BCUT2D eigenvalue weighted by Gasteiger charge is 2.42. The van der Waals surface area contributed by atoms with Crippen LogP contribution >= 0.6 is 0 Å². The number of rotatable bonds is 0. The molecule has 0 aliphatic heterocycles. The van der Waals surface area contributed by atoms with Crippen molar-refractivity contribution in [3.8, 4) is 0 Å². The van der Waals surface area contributed by atoms with Crippen LogP contribution in [0.4, 0.5) is 0 Å². The molecule has 66 valence electrons. The van der Waals surface area contributed by atoms with E-state index in [2.05, 4.69) is 0 Å². The van der Waals surface area contributed by atoms with Crippen molar-refractivity contribution < 1.29 is 9.90 Å². The van der Waals surface area contributed by atoms with Gasteiger partial charge < -0.3 is 5.11 Å². The minimum Gasteiger partial charge on any atom is -0.389 e. The lowest BCUT2D eigenvalue weighted by atomic mass is 9.67. The smallest absolute Gasteiger partial charge is 0.161 e. The van der Waals surface area contributed by atoms with Crippen molar-refractivity contribution in [1.29, 1.82) is 0 Å². The highest BCUT2D eigenvalue weighted by molar-refractivity contribution is 5.93. The molecule has 0 saturated heterocycles. The molecule has 2 heteroatoms. The molecule has 0 aromatic rings. The van der Waals surface area contributed by atoms with Crippen LogP contribution in [0.3, 0.4) is 0 Å². The van der Waals surface area contributed by atoms with Gasteiger partial charge in [-0.3, -0.25) is 4.79 Å². The third-order valence-electron chi connectivity index (χ3n) is 3.19. The van der Waals surface area contributed by atoms with E-state index in [1.54, 1.807) is 13.0 Å². The van der Waals surface area contributed by atoms with Gasteiger partial charge in [-0.05, 0) is 38.2 Å². The maximum Gasteiger partial charge on any atom is 0.161 e. The number of carbonyl (C=O) groups excluding carboxylic acids is 1. The van der Waals surface area contributed by atoms with E-state index in [4.69, 9.17) is 0 Å². The highest BCUT2D eigenvalue weighted by atomic mass is 16.3. The third-order valence-corrected chi connectivity index (χ3v) is 3.19. The van der Waals surface area contributed by atoms with E-state index in [-0.39, 0.29) is 11.7 Å².